The van der Waals surface area contributed by atoms with E-state index in [-0.39, 0.29) is 19.7 Å². The second-order valence-corrected chi connectivity index (χ2v) is 4.99. The lowest BCUT2D eigenvalue weighted by molar-refractivity contribution is -0.150. The first kappa shape index (κ1) is 16.3. The highest BCUT2D eigenvalue weighted by atomic mass is 16.5. The summed E-state index contributed by atoms with van der Waals surface area (Å²) in [5, 5.41) is 14.2. The van der Waals surface area contributed by atoms with Crippen molar-refractivity contribution in [1.82, 2.24) is 10.6 Å². The number of amides is 2. The Morgan fingerprint density at radius 2 is 1.80 bits per heavy atom. The molecule has 0 heterocycles. The van der Waals surface area contributed by atoms with E-state index in [4.69, 9.17) is 0 Å². The number of hydrogen-bond donors (Lipinski definition) is 3. The standard InChI is InChI=1S/C13H22N2O5/c1-2-20-10(16)8-14-12(19)15-9-13(11(17)18)6-4-3-5-7-13/h2-9H2,1H3,(H,17,18)(H2,14,15,19). The molecule has 0 aromatic heterocycles. The Morgan fingerprint density at radius 3 is 2.35 bits per heavy atom. The van der Waals surface area contributed by atoms with E-state index in [9.17, 15) is 19.5 Å². The molecule has 0 aliphatic heterocycles. The van der Waals surface area contributed by atoms with Crippen LogP contribution in [0, 0.1) is 5.41 Å². The molecule has 0 bridgehead atoms. The number of aliphatic carboxylic acids is 1. The number of carbonyl (C=O) groups excluding carboxylic acids is 2. The summed E-state index contributed by atoms with van der Waals surface area (Å²) in [5.74, 6) is -1.39. The van der Waals surface area contributed by atoms with E-state index in [1.165, 1.54) is 0 Å². The van der Waals surface area contributed by atoms with Gasteiger partial charge in [0.15, 0.2) is 0 Å². The van der Waals surface area contributed by atoms with E-state index in [1.807, 2.05) is 0 Å². The molecule has 0 radical (unpaired) electrons. The minimum Gasteiger partial charge on any atom is -0.481 e. The molecule has 1 aliphatic carbocycles. The van der Waals surface area contributed by atoms with Gasteiger partial charge in [-0.15, -0.1) is 0 Å². The van der Waals surface area contributed by atoms with Gasteiger partial charge in [0, 0.05) is 6.54 Å². The number of urea groups is 1. The molecule has 1 saturated carbocycles. The van der Waals surface area contributed by atoms with Crippen LogP contribution in [0.5, 0.6) is 0 Å². The Balaban J connectivity index is 2.38. The van der Waals surface area contributed by atoms with Gasteiger partial charge in [-0.2, -0.15) is 0 Å². The third-order valence-electron chi connectivity index (χ3n) is 3.55. The molecule has 7 heteroatoms. The zero-order valence-corrected chi connectivity index (χ0v) is 11.7. The van der Waals surface area contributed by atoms with Gasteiger partial charge in [0.2, 0.25) is 0 Å². The van der Waals surface area contributed by atoms with Crippen LogP contribution in [-0.4, -0.2) is 42.8 Å². The summed E-state index contributed by atoms with van der Waals surface area (Å²) in [4.78, 5) is 34.0. The van der Waals surface area contributed by atoms with Gasteiger partial charge in [-0.1, -0.05) is 19.3 Å². The normalized spacial score (nSPS) is 17.1. The maximum Gasteiger partial charge on any atom is 0.325 e. The SMILES string of the molecule is CCOC(=O)CNC(=O)NCC1(C(=O)O)CCCCC1. The first-order valence-electron chi connectivity index (χ1n) is 6.91. The number of ether oxygens (including phenoxy) is 1. The van der Waals surface area contributed by atoms with Crippen molar-refractivity contribution in [3.63, 3.8) is 0 Å². The molecule has 0 aromatic carbocycles. The van der Waals surface area contributed by atoms with Crippen molar-refractivity contribution in [1.29, 1.82) is 0 Å². The molecule has 3 N–H and O–H groups in total. The van der Waals surface area contributed by atoms with E-state index in [0.29, 0.717) is 12.8 Å². The molecule has 7 nitrogen and oxygen atoms in total. The fourth-order valence-corrected chi connectivity index (χ4v) is 2.37. The summed E-state index contributed by atoms with van der Waals surface area (Å²) in [7, 11) is 0. The number of nitrogens with one attached hydrogen (secondary N) is 2. The minimum atomic E-state index is -0.875. The predicted octanol–water partition coefficient (Wildman–Crippen LogP) is 0.884. The highest BCUT2D eigenvalue weighted by Crippen LogP contribution is 2.35. The zero-order chi connectivity index (χ0) is 15.0. The van der Waals surface area contributed by atoms with Gasteiger partial charge in [-0.25, -0.2) is 4.79 Å². The number of rotatable bonds is 6. The largest absolute Gasteiger partial charge is 0.481 e. The Kier molecular flexibility index (Phi) is 6.27. The molecular formula is C13H22N2O5. The van der Waals surface area contributed by atoms with Crippen LogP contribution < -0.4 is 10.6 Å². The van der Waals surface area contributed by atoms with Crippen LogP contribution in [0.25, 0.3) is 0 Å². The third-order valence-corrected chi connectivity index (χ3v) is 3.55. The van der Waals surface area contributed by atoms with E-state index >= 15 is 0 Å². The van der Waals surface area contributed by atoms with E-state index < -0.39 is 23.4 Å². The summed E-state index contributed by atoms with van der Waals surface area (Å²) in [6, 6.07) is -0.552. The van der Waals surface area contributed by atoms with Crippen LogP contribution in [0.2, 0.25) is 0 Å². The second-order valence-electron chi connectivity index (χ2n) is 4.99. The Morgan fingerprint density at radius 1 is 1.15 bits per heavy atom. The quantitative estimate of drug-likeness (QED) is 0.629. The van der Waals surface area contributed by atoms with E-state index in [2.05, 4.69) is 15.4 Å². The van der Waals surface area contributed by atoms with E-state index in [1.54, 1.807) is 6.92 Å². The molecule has 20 heavy (non-hydrogen) atoms. The van der Waals surface area contributed by atoms with Gasteiger partial charge in [0.25, 0.3) is 0 Å². The van der Waals surface area contributed by atoms with Gasteiger partial charge < -0.3 is 20.5 Å². The van der Waals surface area contributed by atoms with Crippen LogP contribution in [0.1, 0.15) is 39.0 Å². The first-order chi connectivity index (χ1) is 9.50. The lowest BCUT2D eigenvalue weighted by Gasteiger charge is -2.33. The smallest absolute Gasteiger partial charge is 0.325 e. The fourth-order valence-electron chi connectivity index (χ4n) is 2.37. The van der Waals surface area contributed by atoms with Crippen molar-refractivity contribution in [2.24, 2.45) is 5.41 Å². The zero-order valence-electron chi connectivity index (χ0n) is 11.7. The predicted molar refractivity (Wildman–Crippen MR) is 71.2 cm³/mol. The number of carbonyl (C=O) groups is 3. The third kappa shape index (κ3) is 4.71. The number of esters is 1. The molecular weight excluding hydrogens is 264 g/mol. The maximum atomic E-state index is 11.5. The summed E-state index contributed by atoms with van der Waals surface area (Å²) in [5.41, 5.74) is -0.875. The van der Waals surface area contributed by atoms with Gasteiger partial charge in [-0.3, -0.25) is 9.59 Å². The van der Waals surface area contributed by atoms with Crippen LogP contribution in [0.15, 0.2) is 0 Å². The second kappa shape index (κ2) is 7.72. The molecule has 2 amide bonds. The molecule has 0 saturated heterocycles. The molecule has 114 valence electrons. The lowest BCUT2D eigenvalue weighted by atomic mass is 9.74. The Hall–Kier alpha value is -1.79. The monoisotopic (exact) mass is 286 g/mol. The van der Waals surface area contributed by atoms with Crippen molar-refractivity contribution in [3.05, 3.63) is 0 Å². The van der Waals surface area contributed by atoms with Gasteiger partial charge in [0.05, 0.1) is 12.0 Å². The van der Waals surface area contributed by atoms with Crippen molar-refractivity contribution >= 4 is 18.0 Å². The Bertz CT molecular complexity index is 364. The molecule has 0 unspecified atom stereocenters. The summed E-state index contributed by atoms with van der Waals surface area (Å²) in [6.07, 6.45) is 3.89. The van der Waals surface area contributed by atoms with Crippen LogP contribution in [0.4, 0.5) is 4.79 Å². The number of hydrogen-bond acceptors (Lipinski definition) is 4. The molecule has 0 atom stereocenters. The molecule has 1 fully saturated rings. The highest BCUT2D eigenvalue weighted by molar-refractivity contribution is 5.81. The van der Waals surface area contributed by atoms with Crippen molar-refractivity contribution in [2.45, 2.75) is 39.0 Å². The van der Waals surface area contributed by atoms with Crippen molar-refractivity contribution in [2.75, 3.05) is 19.7 Å². The Labute approximate surface area is 118 Å². The average molecular weight is 286 g/mol. The van der Waals surface area contributed by atoms with Crippen molar-refractivity contribution < 1.29 is 24.2 Å². The average Bonchev–Trinajstić information content (AvgIpc) is 2.44. The van der Waals surface area contributed by atoms with E-state index in [0.717, 1.165) is 19.3 Å². The van der Waals surface area contributed by atoms with Crippen LogP contribution >= 0.6 is 0 Å². The van der Waals surface area contributed by atoms with Crippen LogP contribution in [-0.2, 0) is 14.3 Å². The highest BCUT2D eigenvalue weighted by Gasteiger charge is 2.39. The number of carboxylic acids is 1. The fraction of sp³-hybridized carbons (Fsp3) is 0.769. The van der Waals surface area contributed by atoms with Crippen molar-refractivity contribution in [3.8, 4) is 0 Å². The maximum absolute atomic E-state index is 11.5. The summed E-state index contributed by atoms with van der Waals surface area (Å²) >= 11 is 0. The first-order valence-corrected chi connectivity index (χ1v) is 6.91. The van der Waals surface area contributed by atoms with Gasteiger partial charge in [0.1, 0.15) is 6.54 Å². The molecule has 0 aromatic rings. The van der Waals surface area contributed by atoms with Gasteiger partial charge in [-0.05, 0) is 19.8 Å². The molecule has 1 rings (SSSR count). The minimum absolute atomic E-state index is 0.0803. The summed E-state index contributed by atoms with van der Waals surface area (Å²) < 4.78 is 4.67. The molecule has 1 aliphatic rings. The summed E-state index contributed by atoms with van der Waals surface area (Å²) in [6.45, 7) is 1.79. The van der Waals surface area contributed by atoms with Gasteiger partial charge >= 0.3 is 18.0 Å². The van der Waals surface area contributed by atoms with Crippen LogP contribution in [0.3, 0.4) is 0 Å². The number of carboxylic acid groups (broad SMARTS) is 1. The topological polar surface area (TPSA) is 105 Å². The molecule has 0 spiro atoms. The lowest BCUT2D eigenvalue weighted by Crippen LogP contribution is -2.48.